The number of hydrogen-bond donors (Lipinski definition) is 1. The maximum atomic E-state index is 11.1. The van der Waals surface area contributed by atoms with E-state index in [2.05, 4.69) is 37.4 Å². The third kappa shape index (κ3) is 3.18. The molecule has 2 rings (SSSR count). The predicted octanol–water partition coefficient (Wildman–Crippen LogP) is 3.10. The van der Waals surface area contributed by atoms with Crippen molar-refractivity contribution in [2.45, 2.75) is 13.8 Å². The second-order valence-electron chi connectivity index (χ2n) is 4.75. The van der Waals surface area contributed by atoms with Crippen molar-refractivity contribution in [1.82, 2.24) is 5.32 Å². The van der Waals surface area contributed by atoms with Crippen LogP contribution >= 0.6 is 0 Å². The summed E-state index contributed by atoms with van der Waals surface area (Å²) in [5, 5.41) is 2.52. The SMILES string of the molecule is CNC(=O)COc1ccc(-c2c(C)cccc2C)cc1. The average molecular weight is 269 g/mol. The fraction of sp³-hybridized carbons (Fsp3) is 0.235. The monoisotopic (exact) mass is 269 g/mol. The molecule has 0 heterocycles. The van der Waals surface area contributed by atoms with Crippen LogP contribution in [-0.2, 0) is 4.79 Å². The van der Waals surface area contributed by atoms with E-state index >= 15 is 0 Å². The molecule has 104 valence electrons. The first kappa shape index (κ1) is 14.1. The summed E-state index contributed by atoms with van der Waals surface area (Å²) in [7, 11) is 1.59. The summed E-state index contributed by atoms with van der Waals surface area (Å²) < 4.78 is 5.40. The number of hydrogen-bond acceptors (Lipinski definition) is 2. The van der Waals surface area contributed by atoms with E-state index in [1.807, 2.05) is 24.3 Å². The van der Waals surface area contributed by atoms with Gasteiger partial charge in [0.1, 0.15) is 5.75 Å². The molecule has 0 saturated carbocycles. The predicted molar refractivity (Wildman–Crippen MR) is 80.9 cm³/mol. The van der Waals surface area contributed by atoms with Gasteiger partial charge in [0.2, 0.25) is 0 Å². The average Bonchev–Trinajstić information content (AvgIpc) is 2.46. The summed E-state index contributed by atoms with van der Waals surface area (Å²) in [4.78, 5) is 11.1. The molecule has 3 heteroatoms. The molecule has 0 unspecified atom stereocenters. The van der Waals surface area contributed by atoms with Crippen molar-refractivity contribution in [2.24, 2.45) is 0 Å². The van der Waals surface area contributed by atoms with Gasteiger partial charge in [-0.2, -0.15) is 0 Å². The summed E-state index contributed by atoms with van der Waals surface area (Å²) in [6.07, 6.45) is 0. The van der Waals surface area contributed by atoms with Crippen molar-refractivity contribution in [3.05, 3.63) is 53.6 Å². The lowest BCUT2D eigenvalue weighted by atomic mass is 9.96. The number of carbonyl (C=O) groups is 1. The molecule has 0 saturated heterocycles. The molecule has 0 aliphatic carbocycles. The van der Waals surface area contributed by atoms with E-state index in [-0.39, 0.29) is 12.5 Å². The molecule has 2 aromatic carbocycles. The number of amides is 1. The van der Waals surface area contributed by atoms with E-state index in [1.165, 1.54) is 16.7 Å². The van der Waals surface area contributed by atoms with Crippen LogP contribution < -0.4 is 10.1 Å². The lowest BCUT2D eigenvalue weighted by Gasteiger charge is -2.11. The fourth-order valence-corrected chi connectivity index (χ4v) is 2.21. The van der Waals surface area contributed by atoms with Gasteiger partial charge in [0.05, 0.1) is 0 Å². The first-order valence-corrected chi connectivity index (χ1v) is 6.62. The van der Waals surface area contributed by atoms with Crippen LogP contribution in [0.3, 0.4) is 0 Å². The van der Waals surface area contributed by atoms with E-state index in [0.29, 0.717) is 5.75 Å². The molecule has 0 atom stereocenters. The molecular weight excluding hydrogens is 250 g/mol. The van der Waals surface area contributed by atoms with Crippen molar-refractivity contribution in [2.75, 3.05) is 13.7 Å². The summed E-state index contributed by atoms with van der Waals surface area (Å²) in [5.41, 5.74) is 4.92. The Kier molecular flexibility index (Phi) is 4.41. The number of likely N-dealkylation sites (N-methyl/N-ethyl adjacent to an activating group) is 1. The Labute approximate surface area is 119 Å². The van der Waals surface area contributed by atoms with Gasteiger partial charge in [-0.1, -0.05) is 30.3 Å². The van der Waals surface area contributed by atoms with Crippen LogP contribution in [0, 0.1) is 13.8 Å². The normalized spacial score (nSPS) is 10.2. The lowest BCUT2D eigenvalue weighted by Crippen LogP contribution is -2.24. The van der Waals surface area contributed by atoms with Gasteiger partial charge in [-0.15, -0.1) is 0 Å². The first-order chi connectivity index (χ1) is 9.61. The zero-order valence-corrected chi connectivity index (χ0v) is 12.1. The van der Waals surface area contributed by atoms with Crippen LogP contribution in [0.5, 0.6) is 5.75 Å². The largest absolute Gasteiger partial charge is 0.484 e. The molecule has 0 spiro atoms. The van der Waals surface area contributed by atoms with Gasteiger partial charge in [0, 0.05) is 7.05 Å². The summed E-state index contributed by atoms with van der Waals surface area (Å²) >= 11 is 0. The van der Waals surface area contributed by atoms with Gasteiger partial charge in [-0.25, -0.2) is 0 Å². The molecule has 0 aliphatic rings. The quantitative estimate of drug-likeness (QED) is 0.926. The Morgan fingerprint density at radius 1 is 1.05 bits per heavy atom. The highest BCUT2D eigenvalue weighted by atomic mass is 16.5. The Bertz CT molecular complexity index is 583. The number of rotatable bonds is 4. The van der Waals surface area contributed by atoms with Gasteiger partial charge in [0.25, 0.3) is 5.91 Å². The van der Waals surface area contributed by atoms with E-state index in [0.717, 1.165) is 5.56 Å². The Hall–Kier alpha value is -2.29. The summed E-state index contributed by atoms with van der Waals surface area (Å²) in [6.45, 7) is 4.26. The van der Waals surface area contributed by atoms with Crippen molar-refractivity contribution in [3.63, 3.8) is 0 Å². The molecule has 3 nitrogen and oxygen atoms in total. The Morgan fingerprint density at radius 3 is 2.20 bits per heavy atom. The smallest absolute Gasteiger partial charge is 0.257 e. The fourth-order valence-electron chi connectivity index (χ4n) is 2.21. The van der Waals surface area contributed by atoms with Gasteiger partial charge < -0.3 is 10.1 Å². The highest BCUT2D eigenvalue weighted by Crippen LogP contribution is 2.28. The van der Waals surface area contributed by atoms with Crippen LogP contribution in [0.25, 0.3) is 11.1 Å². The molecular formula is C17H19NO2. The number of nitrogens with one attached hydrogen (secondary N) is 1. The van der Waals surface area contributed by atoms with Crippen molar-refractivity contribution < 1.29 is 9.53 Å². The zero-order valence-electron chi connectivity index (χ0n) is 12.1. The van der Waals surface area contributed by atoms with Crippen LogP contribution in [-0.4, -0.2) is 19.6 Å². The standard InChI is InChI=1S/C17H19NO2/c1-12-5-4-6-13(2)17(12)14-7-9-15(10-8-14)20-11-16(19)18-3/h4-10H,11H2,1-3H3,(H,18,19). The Balaban J connectivity index is 2.18. The molecule has 0 bridgehead atoms. The van der Waals surface area contributed by atoms with Crippen LogP contribution in [0.1, 0.15) is 11.1 Å². The van der Waals surface area contributed by atoms with Gasteiger partial charge in [-0.05, 0) is 48.2 Å². The van der Waals surface area contributed by atoms with Crippen LogP contribution in [0.4, 0.5) is 0 Å². The molecule has 1 amide bonds. The zero-order chi connectivity index (χ0) is 14.5. The first-order valence-electron chi connectivity index (χ1n) is 6.62. The maximum absolute atomic E-state index is 11.1. The van der Waals surface area contributed by atoms with Crippen LogP contribution in [0.2, 0.25) is 0 Å². The maximum Gasteiger partial charge on any atom is 0.257 e. The number of benzene rings is 2. The van der Waals surface area contributed by atoms with E-state index in [1.54, 1.807) is 7.05 Å². The third-order valence-electron chi connectivity index (χ3n) is 3.27. The molecule has 0 aromatic heterocycles. The van der Waals surface area contributed by atoms with Gasteiger partial charge in [0.15, 0.2) is 6.61 Å². The highest BCUT2D eigenvalue weighted by molar-refractivity contribution is 5.77. The van der Waals surface area contributed by atoms with Crippen molar-refractivity contribution in [3.8, 4) is 16.9 Å². The molecule has 1 N–H and O–H groups in total. The number of carbonyl (C=O) groups excluding carboxylic acids is 1. The number of aryl methyl sites for hydroxylation is 2. The van der Waals surface area contributed by atoms with Crippen molar-refractivity contribution in [1.29, 1.82) is 0 Å². The highest BCUT2D eigenvalue weighted by Gasteiger charge is 2.06. The minimum Gasteiger partial charge on any atom is -0.484 e. The molecule has 20 heavy (non-hydrogen) atoms. The van der Waals surface area contributed by atoms with Gasteiger partial charge in [-0.3, -0.25) is 4.79 Å². The minimum absolute atomic E-state index is 0.0409. The molecule has 0 radical (unpaired) electrons. The summed E-state index contributed by atoms with van der Waals surface area (Å²) in [6, 6.07) is 14.1. The van der Waals surface area contributed by atoms with Crippen molar-refractivity contribution >= 4 is 5.91 Å². The number of ether oxygens (including phenoxy) is 1. The minimum atomic E-state index is -0.135. The molecule has 0 aliphatic heterocycles. The second kappa shape index (κ2) is 6.24. The van der Waals surface area contributed by atoms with E-state index in [9.17, 15) is 4.79 Å². The van der Waals surface area contributed by atoms with Gasteiger partial charge >= 0.3 is 0 Å². The third-order valence-corrected chi connectivity index (χ3v) is 3.27. The summed E-state index contributed by atoms with van der Waals surface area (Å²) in [5.74, 6) is 0.562. The second-order valence-corrected chi connectivity index (χ2v) is 4.75. The van der Waals surface area contributed by atoms with E-state index in [4.69, 9.17) is 4.74 Å². The topological polar surface area (TPSA) is 38.3 Å². The van der Waals surface area contributed by atoms with Crippen LogP contribution in [0.15, 0.2) is 42.5 Å². The van der Waals surface area contributed by atoms with E-state index < -0.39 is 0 Å². The molecule has 0 fully saturated rings. The molecule has 2 aromatic rings. The Morgan fingerprint density at radius 2 is 1.65 bits per heavy atom. The lowest BCUT2D eigenvalue weighted by molar-refractivity contribution is -0.122.